The molecular weight excluding hydrogens is 775 g/mol. The van der Waals surface area contributed by atoms with Crippen molar-refractivity contribution in [3.63, 3.8) is 0 Å². The van der Waals surface area contributed by atoms with Crippen LogP contribution in [0.2, 0.25) is 0 Å². The second-order valence-electron chi connectivity index (χ2n) is 17.2. The molecule has 0 bridgehead atoms. The van der Waals surface area contributed by atoms with Crippen molar-refractivity contribution in [1.29, 1.82) is 0 Å². The van der Waals surface area contributed by atoms with Gasteiger partial charge in [-0.25, -0.2) is 0 Å². The molecule has 6 nitrogen and oxygen atoms in total. The highest BCUT2D eigenvalue weighted by molar-refractivity contribution is 5.99. The molecule has 0 amide bonds. The molecule has 0 radical (unpaired) electrons. The van der Waals surface area contributed by atoms with Crippen molar-refractivity contribution in [3.8, 4) is 84.0 Å². The number of aryl methyl sites for hydroxylation is 3. The van der Waals surface area contributed by atoms with E-state index in [4.69, 9.17) is 0 Å². The molecule has 0 spiro atoms. The monoisotopic (exact) mass is 837 g/mol. The molecule has 63 heavy (non-hydrogen) atoms. The lowest BCUT2D eigenvalue weighted by Gasteiger charge is -2.27. The Morgan fingerprint density at radius 3 is 0.889 bits per heavy atom. The van der Waals surface area contributed by atoms with Gasteiger partial charge in [0.2, 0.25) is 0 Å². The third-order valence-corrected chi connectivity index (χ3v) is 12.7. The quantitative estimate of drug-likeness (QED) is 0.0745. The largest absolute Gasteiger partial charge is 0.507 e. The highest BCUT2D eigenvalue weighted by Gasteiger charge is 2.28. The molecule has 0 fully saturated rings. The van der Waals surface area contributed by atoms with Crippen LogP contribution in [0.1, 0.15) is 112 Å². The minimum atomic E-state index is 0.177. The molecule has 4 aromatic carbocycles. The number of pyridine rings is 3. The Hall–Kier alpha value is -6.27. The topological polar surface area (TPSA) is 99.4 Å². The molecule has 324 valence electrons. The number of unbranched alkanes of at least 4 members (excludes halogenated alkanes) is 6. The number of hydrogen-bond donors (Lipinski definition) is 3. The Kier molecular flexibility index (Phi) is 14.7. The zero-order chi connectivity index (χ0) is 44.5. The summed E-state index contributed by atoms with van der Waals surface area (Å²) in [5.74, 6) is 0.532. The summed E-state index contributed by atoms with van der Waals surface area (Å²) in [6.45, 7) is 13.0. The molecule has 0 aliphatic carbocycles. The fourth-order valence-corrected chi connectivity index (χ4v) is 9.48. The molecule has 6 heteroatoms. The van der Waals surface area contributed by atoms with E-state index in [-0.39, 0.29) is 17.2 Å². The van der Waals surface area contributed by atoms with E-state index in [1.165, 1.54) is 0 Å². The van der Waals surface area contributed by atoms with Crippen molar-refractivity contribution in [2.45, 2.75) is 119 Å². The molecule has 7 aromatic rings. The molecule has 0 saturated carbocycles. The van der Waals surface area contributed by atoms with Gasteiger partial charge in [-0.1, -0.05) is 77.5 Å². The lowest BCUT2D eigenvalue weighted by atomic mass is 9.78. The van der Waals surface area contributed by atoms with Crippen molar-refractivity contribution in [1.82, 2.24) is 15.0 Å². The maximum absolute atomic E-state index is 12.6. The Morgan fingerprint density at radius 1 is 0.381 bits per heavy atom. The summed E-state index contributed by atoms with van der Waals surface area (Å²) in [5.41, 5.74) is 15.7. The van der Waals surface area contributed by atoms with Crippen LogP contribution in [0.15, 0.2) is 110 Å². The predicted octanol–water partition coefficient (Wildman–Crippen LogP) is 15.1. The molecule has 0 unspecified atom stereocenters. The van der Waals surface area contributed by atoms with E-state index in [0.29, 0.717) is 0 Å². The van der Waals surface area contributed by atoms with Crippen LogP contribution in [0, 0.1) is 20.8 Å². The number of benzene rings is 4. The summed E-state index contributed by atoms with van der Waals surface area (Å²) < 4.78 is 0. The van der Waals surface area contributed by atoms with Crippen molar-refractivity contribution < 1.29 is 15.3 Å². The number of aromatic hydroxyl groups is 3. The number of hydrogen-bond acceptors (Lipinski definition) is 6. The minimum absolute atomic E-state index is 0.177. The van der Waals surface area contributed by atoms with Gasteiger partial charge in [-0.15, -0.1) is 0 Å². The van der Waals surface area contributed by atoms with E-state index in [9.17, 15) is 15.3 Å². The van der Waals surface area contributed by atoms with Gasteiger partial charge >= 0.3 is 0 Å². The third-order valence-electron chi connectivity index (χ3n) is 12.7. The number of rotatable bonds is 18. The van der Waals surface area contributed by atoms with Crippen molar-refractivity contribution in [2.24, 2.45) is 0 Å². The number of phenolic OH excluding ortho intramolecular Hbond substituents is 3. The van der Waals surface area contributed by atoms with Gasteiger partial charge in [-0.05, 0) is 164 Å². The van der Waals surface area contributed by atoms with E-state index in [1.54, 1.807) is 18.6 Å². The number of nitrogens with zero attached hydrogens (tertiary/aromatic N) is 3. The molecular formula is C57H63N3O3. The SMILES string of the molecule is CCCCCc1cc(-c2cccnc2)c(O)c(-c2c(C)c(-c3cc(CCCCC)cc(-c4cccnc4)c3O)c(C)c(-c3cc(CCCCC)cc(-c4cccnc4)c3O)c2C)c1. The predicted molar refractivity (Wildman–Crippen MR) is 261 cm³/mol. The molecule has 0 atom stereocenters. The van der Waals surface area contributed by atoms with Gasteiger partial charge in [-0.2, -0.15) is 0 Å². The molecule has 0 aliphatic rings. The maximum atomic E-state index is 12.6. The van der Waals surface area contributed by atoms with Crippen LogP contribution < -0.4 is 0 Å². The van der Waals surface area contributed by atoms with E-state index < -0.39 is 0 Å². The first-order valence-corrected chi connectivity index (χ1v) is 23.1. The third kappa shape index (κ3) is 9.71. The van der Waals surface area contributed by atoms with Crippen LogP contribution in [0.5, 0.6) is 17.2 Å². The van der Waals surface area contributed by atoms with E-state index in [1.807, 2.05) is 55.0 Å². The van der Waals surface area contributed by atoms with Gasteiger partial charge in [0.25, 0.3) is 0 Å². The van der Waals surface area contributed by atoms with E-state index in [2.05, 4.69) is 92.9 Å². The van der Waals surface area contributed by atoms with Crippen molar-refractivity contribution in [3.05, 3.63) is 143 Å². The summed E-state index contributed by atoms with van der Waals surface area (Å²) in [5, 5.41) is 37.8. The average Bonchev–Trinajstić information content (AvgIpc) is 3.30. The van der Waals surface area contributed by atoms with Crippen LogP contribution in [0.4, 0.5) is 0 Å². The van der Waals surface area contributed by atoms with Crippen LogP contribution in [-0.4, -0.2) is 30.3 Å². The second-order valence-corrected chi connectivity index (χ2v) is 17.2. The maximum Gasteiger partial charge on any atom is 0.131 e. The number of aromatic nitrogens is 3. The van der Waals surface area contributed by atoms with Gasteiger partial charge in [0.1, 0.15) is 17.2 Å². The zero-order valence-corrected chi connectivity index (χ0v) is 38.1. The molecule has 0 saturated heterocycles. The molecule has 0 aliphatic heterocycles. The van der Waals surface area contributed by atoms with Crippen molar-refractivity contribution in [2.75, 3.05) is 0 Å². The van der Waals surface area contributed by atoms with E-state index in [0.717, 1.165) is 177 Å². The minimum Gasteiger partial charge on any atom is -0.507 e. The summed E-state index contributed by atoms with van der Waals surface area (Å²) >= 11 is 0. The summed E-state index contributed by atoms with van der Waals surface area (Å²) in [6.07, 6.45) is 23.0. The standard InChI is InChI=1S/C57H63N3O3/c1-7-10-13-19-40-28-46(43-22-16-25-58-34-43)55(61)49(31-40)52-37(4)53(50-32-41(20-14-11-8-2)29-47(56(50)62)44-23-17-26-59-35-44)39(6)54(38(52)5)51-33-42(21-15-12-9-3)30-48(57(51)63)45-24-18-27-60-36-45/h16-18,22-36,61-63H,7-15,19-21H2,1-6H3. The molecule has 3 aromatic heterocycles. The molecule has 7 rings (SSSR count). The second kappa shape index (κ2) is 20.7. The lowest BCUT2D eigenvalue weighted by molar-refractivity contribution is 0.479. The zero-order valence-electron chi connectivity index (χ0n) is 38.1. The Labute approximate surface area is 374 Å². The van der Waals surface area contributed by atoms with Gasteiger partial charge in [0.05, 0.1) is 0 Å². The lowest BCUT2D eigenvalue weighted by Crippen LogP contribution is -2.04. The highest BCUT2D eigenvalue weighted by Crippen LogP contribution is 2.53. The van der Waals surface area contributed by atoms with Gasteiger partial charge in [0, 0.05) is 87.3 Å². The Balaban J connectivity index is 1.61. The summed E-state index contributed by atoms with van der Waals surface area (Å²) in [4.78, 5) is 13.3. The smallest absolute Gasteiger partial charge is 0.131 e. The average molecular weight is 838 g/mol. The highest BCUT2D eigenvalue weighted by atomic mass is 16.3. The van der Waals surface area contributed by atoms with Crippen LogP contribution >= 0.6 is 0 Å². The Bertz CT molecular complexity index is 2340. The van der Waals surface area contributed by atoms with Crippen LogP contribution in [0.25, 0.3) is 66.8 Å². The first-order chi connectivity index (χ1) is 30.7. The van der Waals surface area contributed by atoms with E-state index >= 15 is 0 Å². The first kappa shape index (κ1) is 44.8. The van der Waals surface area contributed by atoms with Gasteiger partial charge < -0.3 is 15.3 Å². The summed E-state index contributed by atoms with van der Waals surface area (Å²) in [6, 6.07) is 24.5. The normalized spacial score (nSPS) is 11.3. The fraction of sp³-hybridized carbons (Fsp3) is 0.316. The molecule has 3 N–H and O–H groups in total. The Morgan fingerprint density at radius 2 is 0.651 bits per heavy atom. The summed E-state index contributed by atoms with van der Waals surface area (Å²) in [7, 11) is 0. The molecule has 3 heterocycles. The van der Waals surface area contributed by atoms with Gasteiger partial charge in [-0.3, -0.25) is 15.0 Å². The first-order valence-electron chi connectivity index (χ1n) is 23.1. The van der Waals surface area contributed by atoms with Crippen LogP contribution in [0.3, 0.4) is 0 Å². The van der Waals surface area contributed by atoms with Crippen LogP contribution in [-0.2, 0) is 19.3 Å². The van der Waals surface area contributed by atoms with Crippen molar-refractivity contribution >= 4 is 0 Å². The van der Waals surface area contributed by atoms with Gasteiger partial charge in [0.15, 0.2) is 0 Å². The number of phenols is 3. The fourth-order valence-electron chi connectivity index (χ4n) is 9.48.